The van der Waals surface area contributed by atoms with Gasteiger partial charge in [0.25, 0.3) is 0 Å². The van der Waals surface area contributed by atoms with Crippen molar-refractivity contribution in [2.45, 2.75) is 33.1 Å². The average Bonchev–Trinajstić information content (AvgIpc) is 2.52. The summed E-state index contributed by atoms with van der Waals surface area (Å²) in [6.07, 6.45) is 2.41. The molecule has 6 heteroatoms. The molecule has 0 aliphatic rings. The Morgan fingerprint density at radius 3 is 2.50 bits per heavy atom. The Bertz CT molecular complexity index is 787. The number of benzene rings is 2. The van der Waals surface area contributed by atoms with Crippen molar-refractivity contribution in [2.75, 3.05) is 5.75 Å². The molecular weight excluding hydrogens is 348 g/mol. The van der Waals surface area contributed by atoms with Crippen LogP contribution < -0.4 is 8.92 Å². The number of hydrogen-bond acceptors (Lipinski definition) is 4. The lowest BCUT2D eigenvalue weighted by Gasteiger charge is -2.11. The Labute approximate surface area is 148 Å². The van der Waals surface area contributed by atoms with E-state index in [4.69, 9.17) is 20.5 Å². The van der Waals surface area contributed by atoms with E-state index in [1.165, 1.54) is 0 Å². The number of halogens is 1. The molecule has 2 aromatic carbocycles. The smallest absolute Gasteiger partial charge is 0.309 e. The van der Waals surface area contributed by atoms with E-state index < -0.39 is 10.1 Å². The highest BCUT2D eigenvalue weighted by molar-refractivity contribution is 7.87. The van der Waals surface area contributed by atoms with Gasteiger partial charge in [-0.2, -0.15) is 8.42 Å². The van der Waals surface area contributed by atoms with Gasteiger partial charge in [0.15, 0.2) is 0 Å². The summed E-state index contributed by atoms with van der Waals surface area (Å²) in [7, 11) is -3.59. The van der Waals surface area contributed by atoms with E-state index in [1.807, 2.05) is 13.8 Å². The number of hydrogen-bond donors (Lipinski definition) is 0. The Kier molecular flexibility index (Phi) is 6.52. The fourth-order valence-corrected chi connectivity index (χ4v) is 3.34. The van der Waals surface area contributed by atoms with E-state index in [0.29, 0.717) is 22.9 Å². The van der Waals surface area contributed by atoms with Crippen molar-refractivity contribution < 1.29 is 17.3 Å². The van der Waals surface area contributed by atoms with Crippen LogP contribution in [-0.4, -0.2) is 14.2 Å². The van der Waals surface area contributed by atoms with Gasteiger partial charge in [-0.15, -0.1) is 0 Å². The quantitative estimate of drug-likeness (QED) is 0.466. The monoisotopic (exact) mass is 368 g/mol. The summed E-state index contributed by atoms with van der Waals surface area (Å²) in [5.74, 6) is 1.36. The van der Waals surface area contributed by atoms with Crippen LogP contribution in [0.3, 0.4) is 0 Å². The summed E-state index contributed by atoms with van der Waals surface area (Å²) >= 11 is 6.07. The van der Waals surface area contributed by atoms with Gasteiger partial charge in [-0.05, 0) is 37.6 Å². The molecular formula is C18H21ClO4S. The van der Waals surface area contributed by atoms with Gasteiger partial charge >= 0.3 is 10.1 Å². The molecule has 0 atom stereocenters. The van der Waals surface area contributed by atoms with Crippen LogP contribution in [-0.2, 0) is 10.1 Å². The van der Waals surface area contributed by atoms with Gasteiger partial charge in [0.2, 0.25) is 0 Å². The van der Waals surface area contributed by atoms with Crippen LogP contribution in [0.5, 0.6) is 17.2 Å². The number of ether oxygens (including phenoxy) is 1. The van der Waals surface area contributed by atoms with E-state index in [0.717, 1.165) is 18.4 Å². The first-order valence-electron chi connectivity index (χ1n) is 7.86. The number of unbranched alkanes of at least 4 members (excludes halogenated alkanes) is 2. The Balaban J connectivity index is 2.10. The summed E-state index contributed by atoms with van der Waals surface area (Å²) in [6, 6.07) is 11.9. The maximum absolute atomic E-state index is 12.0. The zero-order chi connectivity index (χ0) is 17.6. The van der Waals surface area contributed by atoms with Gasteiger partial charge in [0.05, 0.1) is 5.75 Å². The van der Waals surface area contributed by atoms with Gasteiger partial charge in [0.1, 0.15) is 17.2 Å². The predicted octanol–water partition coefficient (Wildman–Crippen LogP) is 5.34. The average molecular weight is 369 g/mol. The fourth-order valence-electron chi connectivity index (χ4n) is 2.13. The maximum atomic E-state index is 12.0. The highest BCUT2D eigenvalue weighted by Crippen LogP contribution is 2.31. The molecule has 0 aliphatic carbocycles. The first-order valence-corrected chi connectivity index (χ1v) is 9.82. The number of rotatable bonds is 8. The summed E-state index contributed by atoms with van der Waals surface area (Å²) < 4.78 is 34.9. The lowest BCUT2D eigenvalue weighted by molar-refractivity contribution is 0.465. The molecule has 0 aromatic heterocycles. The largest absolute Gasteiger partial charge is 0.457 e. The lowest BCUT2D eigenvalue weighted by atomic mass is 10.2. The molecule has 0 saturated carbocycles. The Hall–Kier alpha value is -1.72. The minimum Gasteiger partial charge on any atom is -0.457 e. The highest BCUT2D eigenvalue weighted by atomic mass is 35.5. The molecule has 0 fully saturated rings. The molecule has 130 valence electrons. The zero-order valence-electron chi connectivity index (χ0n) is 13.8. The maximum Gasteiger partial charge on any atom is 0.309 e. The van der Waals surface area contributed by atoms with Gasteiger partial charge in [0, 0.05) is 16.7 Å². The molecule has 24 heavy (non-hydrogen) atoms. The fraction of sp³-hybridized carbons (Fsp3) is 0.333. The van der Waals surface area contributed by atoms with Gasteiger partial charge in [-0.1, -0.05) is 43.5 Å². The third kappa shape index (κ3) is 5.42. The van der Waals surface area contributed by atoms with Crippen molar-refractivity contribution in [1.29, 1.82) is 0 Å². The first-order chi connectivity index (χ1) is 11.4. The molecule has 2 aromatic rings. The van der Waals surface area contributed by atoms with Crippen LogP contribution in [0.15, 0.2) is 42.5 Å². The first kappa shape index (κ1) is 18.6. The second kappa shape index (κ2) is 8.40. The van der Waals surface area contributed by atoms with Crippen molar-refractivity contribution in [1.82, 2.24) is 0 Å². The predicted molar refractivity (Wildman–Crippen MR) is 96.6 cm³/mol. The standard InChI is InChI=1S/C18H21ClO4S/c1-3-4-5-12-24(20,21)23-16-9-6-8-15(13-16)22-18-11-7-10-17(19)14(18)2/h6-11,13H,3-5,12H2,1-2H3. The third-order valence-corrected chi connectivity index (χ3v) is 5.12. The summed E-state index contributed by atoms with van der Waals surface area (Å²) in [6.45, 7) is 3.88. The van der Waals surface area contributed by atoms with E-state index in [2.05, 4.69) is 0 Å². The van der Waals surface area contributed by atoms with Crippen molar-refractivity contribution >= 4 is 21.7 Å². The second-order valence-corrected chi connectivity index (χ2v) is 7.59. The van der Waals surface area contributed by atoms with Crippen LogP contribution in [0.1, 0.15) is 31.7 Å². The summed E-state index contributed by atoms with van der Waals surface area (Å²) in [4.78, 5) is 0. The molecule has 0 aliphatic heterocycles. The van der Waals surface area contributed by atoms with Crippen LogP contribution in [0, 0.1) is 6.92 Å². The molecule has 0 amide bonds. The van der Waals surface area contributed by atoms with Crippen LogP contribution in [0.4, 0.5) is 0 Å². The van der Waals surface area contributed by atoms with E-state index >= 15 is 0 Å². The molecule has 0 heterocycles. The normalized spacial score (nSPS) is 11.3. The summed E-state index contributed by atoms with van der Waals surface area (Å²) in [5.41, 5.74) is 0.817. The van der Waals surface area contributed by atoms with Gasteiger partial charge in [-0.3, -0.25) is 0 Å². The summed E-state index contributed by atoms with van der Waals surface area (Å²) in [5, 5.41) is 0.610. The van der Waals surface area contributed by atoms with Crippen molar-refractivity contribution in [3.63, 3.8) is 0 Å². The molecule has 0 N–H and O–H groups in total. The van der Waals surface area contributed by atoms with Gasteiger partial charge < -0.3 is 8.92 Å². The highest BCUT2D eigenvalue weighted by Gasteiger charge is 2.13. The van der Waals surface area contributed by atoms with Crippen LogP contribution in [0.25, 0.3) is 0 Å². The SMILES string of the molecule is CCCCCS(=O)(=O)Oc1cccc(Oc2cccc(Cl)c2C)c1. The van der Waals surface area contributed by atoms with E-state index in [9.17, 15) is 8.42 Å². The van der Waals surface area contributed by atoms with E-state index in [-0.39, 0.29) is 11.5 Å². The van der Waals surface area contributed by atoms with Crippen molar-refractivity contribution in [3.05, 3.63) is 53.1 Å². The molecule has 0 saturated heterocycles. The topological polar surface area (TPSA) is 52.6 Å². The van der Waals surface area contributed by atoms with Crippen molar-refractivity contribution in [3.8, 4) is 17.2 Å². The minimum absolute atomic E-state index is 0.0132. The molecule has 0 spiro atoms. The molecule has 4 nitrogen and oxygen atoms in total. The zero-order valence-corrected chi connectivity index (χ0v) is 15.4. The van der Waals surface area contributed by atoms with Crippen molar-refractivity contribution in [2.24, 2.45) is 0 Å². The molecule has 0 bridgehead atoms. The second-order valence-electron chi connectivity index (χ2n) is 5.49. The lowest BCUT2D eigenvalue weighted by Crippen LogP contribution is -2.13. The van der Waals surface area contributed by atoms with E-state index in [1.54, 1.807) is 42.5 Å². The molecule has 0 radical (unpaired) electrons. The van der Waals surface area contributed by atoms with Gasteiger partial charge in [-0.25, -0.2) is 0 Å². The minimum atomic E-state index is -3.59. The Morgan fingerprint density at radius 2 is 1.75 bits per heavy atom. The molecule has 2 rings (SSSR count). The molecule has 0 unspecified atom stereocenters. The van der Waals surface area contributed by atoms with Crippen LogP contribution >= 0.6 is 11.6 Å². The van der Waals surface area contributed by atoms with Crippen LogP contribution in [0.2, 0.25) is 5.02 Å². The Morgan fingerprint density at radius 1 is 1.04 bits per heavy atom. The third-order valence-electron chi connectivity index (χ3n) is 3.47.